The summed E-state index contributed by atoms with van der Waals surface area (Å²) in [6.07, 6.45) is 0.244. The summed E-state index contributed by atoms with van der Waals surface area (Å²) in [6.45, 7) is 3.72. The SMILES string of the molecule is COc1ccc2ncc(Cl)c([C@@H](F)CCC3(C(O)C(O)C4(CC[C@H](F)c5c(Cl)cnc6ccc(OC)cc56)CCN(CCSc5ccccc5Cl)CC4)CCN(CCCSc4c(F)cccc4F)CC3)c2c1. The van der Waals surface area contributed by atoms with E-state index < -0.39 is 47.0 Å². The standard InChI is InChI=1S/C55H61Cl3F4N4O4S2/c1-69-35-11-13-46-37(31-35)49(40(57)33-63-46)42(59)15-17-54(19-24-65(25-20-54)23-6-29-72-51-44(61)8-5-9-45(51)62)52(67)53(68)55(21-26-66(27-22-55)28-30-71-48-10-4-3-7-39(48)56)18-16-43(60)50-38-32-36(70-2)12-14-47(38)64-34-41(50)58/h3-5,7-14,31-34,42-43,52-53,67-68H,6,15-30H2,1-2H3/t42-,43-,52?,53?/m0/s1. The fourth-order valence-corrected chi connectivity index (χ4v) is 13.5. The summed E-state index contributed by atoms with van der Waals surface area (Å²) in [7, 11) is 3.08. The lowest BCUT2D eigenvalue weighted by molar-refractivity contribution is -0.155. The number of fused-ring (bicyclic) bond motifs is 2. The molecule has 0 amide bonds. The number of alkyl halides is 2. The summed E-state index contributed by atoms with van der Waals surface area (Å²) in [5, 5.41) is 28.1. The molecule has 2 unspecified atom stereocenters. The van der Waals surface area contributed by atoms with Crippen LogP contribution in [0, 0.1) is 22.5 Å². The maximum Gasteiger partial charge on any atom is 0.139 e. The minimum Gasteiger partial charge on any atom is -0.497 e. The molecule has 8 nitrogen and oxygen atoms in total. The molecular formula is C55H61Cl3F4N4O4S2. The summed E-state index contributed by atoms with van der Waals surface area (Å²) in [5.41, 5.74) is -0.127. The Balaban J connectivity index is 1.05. The van der Waals surface area contributed by atoms with Gasteiger partial charge in [0, 0.05) is 62.3 Å². The topological polar surface area (TPSA) is 91.2 Å². The van der Waals surface area contributed by atoms with Crippen molar-refractivity contribution in [2.24, 2.45) is 10.8 Å². The molecule has 2 N–H and O–H groups in total. The Morgan fingerprint density at radius 1 is 0.625 bits per heavy atom. The minimum absolute atomic E-state index is 0.000794. The Morgan fingerprint density at radius 3 is 1.60 bits per heavy atom. The van der Waals surface area contributed by atoms with Crippen molar-refractivity contribution in [3.05, 3.63) is 129 Å². The monoisotopic (exact) mass is 1090 g/mol. The van der Waals surface area contributed by atoms with Crippen molar-refractivity contribution in [2.75, 3.05) is 65.0 Å². The zero-order valence-corrected chi connectivity index (χ0v) is 44.4. The average molecular weight is 1090 g/mol. The molecule has 0 saturated carbocycles. The highest BCUT2D eigenvalue weighted by Crippen LogP contribution is 2.51. The van der Waals surface area contributed by atoms with Crippen LogP contribution in [-0.2, 0) is 0 Å². The molecular weight excluding hydrogens is 1030 g/mol. The van der Waals surface area contributed by atoms with Crippen LogP contribution in [0.3, 0.4) is 0 Å². The molecule has 2 saturated heterocycles. The second-order valence-electron chi connectivity index (χ2n) is 19.1. The van der Waals surface area contributed by atoms with E-state index in [-0.39, 0.29) is 46.2 Å². The van der Waals surface area contributed by atoms with Crippen LogP contribution in [0.4, 0.5) is 17.6 Å². The molecule has 17 heteroatoms. The summed E-state index contributed by atoms with van der Waals surface area (Å²) in [4.78, 5) is 14.5. The largest absolute Gasteiger partial charge is 0.497 e. The highest BCUT2D eigenvalue weighted by molar-refractivity contribution is 7.99. The second kappa shape index (κ2) is 24.8. The Bertz CT molecular complexity index is 2770. The Hall–Kier alpha value is -3.57. The van der Waals surface area contributed by atoms with E-state index in [0.29, 0.717) is 114 Å². The third kappa shape index (κ3) is 12.6. The highest BCUT2D eigenvalue weighted by atomic mass is 35.5. The van der Waals surface area contributed by atoms with E-state index in [1.807, 2.05) is 24.3 Å². The molecule has 8 rings (SSSR count). The second-order valence-corrected chi connectivity index (χ2v) is 22.6. The first-order valence-corrected chi connectivity index (χ1v) is 27.6. The molecule has 2 aliphatic rings. The van der Waals surface area contributed by atoms with Crippen molar-refractivity contribution in [1.29, 1.82) is 0 Å². The van der Waals surface area contributed by atoms with E-state index in [2.05, 4.69) is 19.8 Å². The number of hydrogen-bond acceptors (Lipinski definition) is 10. The number of likely N-dealkylation sites (tertiary alicyclic amines) is 2. The quantitative estimate of drug-likeness (QED) is 0.0389. The van der Waals surface area contributed by atoms with Gasteiger partial charge in [-0.15, -0.1) is 23.5 Å². The van der Waals surface area contributed by atoms with E-state index >= 15 is 8.78 Å². The van der Waals surface area contributed by atoms with Gasteiger partial charge in [-0.1, -0.05) is 53.0 Å². The van der Waals surface area contributed by atoms with Crippen LogP contribution in [0.5, 0.6) is 11.5 Å². The van der Waals surface area contributed by atoms with Gasteiger partial charge in [-0.25, -0.2) is 17.6 Å². The van der Waals surface area contributed by atoms with Crippen LogP contribution in [0.1, 0.15) is 81.3 Å². The van der Waals surface area contributed by atoms with Crippen LogP contribution >= 0.6 is 58.3 Å². The van der Waals surface area contributed by atoms with Gasteiger partial charge in [0.25, 0.3) is 0 Å². The van der Waals surface area contributed by atoms with Gasteiger partial charge in [-0.05, 0) is 157 Å². The number of methoxy groups -OCH3 is 2. The third-order valence-corrected chi connectivity index (χ3v) is 18.4. The summed E-state index contributed by atoms with van der Waals surface area (Å²) in [6, 6.07) is 22.1. The summed E-state index contributed by atoms with van der Waals surface area (Å²) < 4.78 is 73.9. The number of benzene rings is 4. The number of aliphatic hydroxyl groups is 2. The molecule has 6 aromatic rings. The number of nitrogens with zero attached hydrogens (tertiary/aromatic N) is 4. The number of piperidine rings is 2. The molecule has 72 heavy (non-hydrogen) atoms. The lowest BCUT2D eigenvalue weighted by Crippen LogP contribution is -2.57. The van der Waals surface area contributed by atoms with Gasteiger partial charge < -0.3 is 29.5 Å². The van der Waals surface area contributed by atoms with Crippen LogP contribution < -0.4 is 9.47 Å². The summed E-state index contributed by atoms with van der Waals surface area (Å²) >= 11 is 22.7. The van der Waals surface area contributed by atoms with Gasteiger partial charge in [0.1, 0.15) is 35.5 Å². The maximum atomic E-state index is 17.1. The molecule has 4 aromatic carbocycles. The smallest absolute Gasteiger partial charge is 0.139 e. The van der Waals surface area contributed by atoms with E-state index in [9.17, 15) is 19.0 Å². The minimum atomic E-state index is -1.54. The predicted molar refractivity (Wildman–Crippen MR) is 285 cm³/mol. The van der Waals surface area contributed by atoms with Gasteiger partial charge in [0.2, 0.25) is 0 Å². The van der Waals surface area contributed by atoms with Crippen LogP contribution in [-0.4, -0.2) is 107 Å². The zero-order valence-electron chi connectivity index (χ0n) is 40.5. The van der Waals surface area contributed by atoms with Gasteiger partial charge in [-0.2, -0.15) is 0 Å². The lowest BCUT2D eigenvalue weighted by Gasteiger charge is -2.52. The molecule has 2 aromatic heterocycles. The number of thioether (sulfide) groups is 2. The van der Waals surface area contributed by atoms with Gasteiger partial charge in [-0.3, -0.25) is 9.97 Å². The number of aliphatic hydroxyl groups excluding tert-OH is 2. The molecule has 2 aliphatic heterocycles. The van der Waals surface area contributed by atoms with Crippen LogP contribution in [0.25, 0.3) is 21.8 Å². The van der Waals surface area contributed by atoms with E-state index in [0.717, 1.165) is 29.0 Å². The van der Waals surface area contributed by atoms with Crippen molar-refractivity contribution in [2.45, 2.75) is 92.1 Å². The van der Waals surface area contributed by atoms with Crippen LogP contribution in [0.2, 0.25) is 15.1 Å². The molecule has 2 fully saturated rings. The number of pyridine rings is 2. The van der Waals surface area contributed by atoms with Crippen molar-refractivity contribution < 1.29 is 37.2 Å². The molecule has 0 bridgehead atoms. The highest BCUT2D eigenvalue weighted by Gasteiger charge is 2.52. The first-order chi connectivity index (χ1) is 34.7. The predicted octanol–water partition coefficient (Wildman–Crippen LogP) is 14.2. The van der Waals surface area contributed by atoms with E-state index in [1.54, 1.807) is 55.3 Å². The Labute approximate surface area is 443 Å². The number of hydrogen-bond donors (Lipinski definition) is 2. The lowest BCUT2D eigenvalue weighted by atomic mass is 9.61. The zero-order chi connectivity index (χ0) is 51.0. The number of ether oxygens (including phenoxy) is 2. The molecule has 4 heterocycles. The van der Waals surface area contributed by atoms with Crippen molar-refractivity contribution in [3.63, 3.8) is 0 Å². The Morgan fingerprint density at radius 2 is 1.11 bits per heavy atom. The maximum absolute atomic E-state index is 17.1. The third-order valence-electron chi connectivity index (χ3n) is 15.1. The summed E-state index contributed by atoms with van der Waals surface area (Å²) in [5.74, 6) is 1.18. The molecule has 0 radical (unpaired) electrons. The number of rotatable bonds is 22. The first kappa shape index (κ1) is 54.7. The normalized spacial score (nSPS) is 18.0. The number of halogens is 7. The van der Waals surface area contributed by atoms with Gasteiger partial charge in [0.05, 0.1) is 57.4 Å². The molecule has 0 spiro atoms. The average Bonchev–Trinajstić information content (AvgIpc) is 3.39. The van der Waals surface area contributed by atoms with Crippen molar-refractivity contribution in [3.8, 4) is 11.5 Å². The fourth-order valence-electron chi connectivity index (χ4n) is 10.8. The van der Waals surface area contributed by atoms with Gasteiger partial charge in [0.15, 0.2) is 0 Å². The first-order valence-electron chi connectivity index (χ1n) is 24.5. The Kier molecular flexibility index (Phi) is 18.9. The molecule has 386 valence electrons. The number of aromatic nitrogens is 2. The van der Waals surface area contributed by atoms with E-state index in [4.69, 9.17) is 44.3 Å². The molecule has 0 aliphatic carbocycles. The fraction of sp³-hybridized carbons (Fsp3) is 0.455. The molecule has 4 atom stereocenters. The van der Waals surface area contributed by atoms with Crippen molar-refractivity contribution >= 4 is 80.1 Å². The van der Waals surface area contributed by atoms with Crippen LogP contribution in [0.15, 0.2) is 101 Å². The van der Waals surface area contributed by atoms with Crippen molar-refractivity contribution in [1.82, 2.24) is 19.8 Å². The van der Waals surface area contributed by atoms with Gasteiger partial charge >= 0.3 is 0 Å². The van der Waals surface area contributed by atoms with E-state index in [1.165, 1.54) is 37.7 Å².